The molecule has 20 heavy (non-hydrogen) atoms. The van der Waals surface area contributed by atoms with Gasteiger partial charge in [0.2, 0.25) is 0 Å². The van der Waals surface area contributed by atoms with Gasteiger partial charge in [-0.2, -0.15) is 0 Å². The molecule has 0 radical (unpaired) electrons. The SMILES string of the molecule is CCN(Cc1ccco1)C(=O)N1CCOCC1C(=O)O. The molecule has 0 saturated carbocycles. The number of hydrogen-bond donors (Lipinski definition) is 1. The molecule has 0 bridgehead atoms. The minimum absolute atomic E-state index is 0.0272. The van der Waals surface area contributed by atoms with E-state index in [1.165, 1.54) is 4.90 Å². The second kappa shape index (κ2) is 6.42. The number of carbonyl (C=O) groups is 2. The van der Waals surface area contributed by atoms with Gasteiger partial charge in [-0.25, -0.2) is 9.59 Å². The van der Waals surface area contributed by atoms with Crippen LogP contribution in [0.15, 0.2) is 22.8 Å². The van der Waals surface area contributed by atoms with Gasteiger partial charge in [0.25, 0.3) is 0 Å². The van der Waals surface area contributed by atoms with Gasteiger partial charge in [0, 0.05) is 13.1 Å². The second-order valence-electron chi connectivity index (χ2n) is 4.50. The van der Waals surface area contributed by atoms with Crippen LogP contribution in [0, 0.1) is 0 Å². The zero-order valence-corrected chi connectivity index (χ0v) is 11.3. The average molecular weight is 282 g/mol. The molecule has 0 spiro atoms. The van der Waals surface area contributed by atoms with Crippen LogP contribution < -0.4 is 0 Å². The Bertz CT molecular complexity index is 459. The predicted octanol–water partition coefficient (Wildman–Crippen LogP) is 1.01. The summed E-state index contributed by atoms with van der Waals surface area (Å²) in [6.07, 6.45) is 1.54. The zero-order valence-electron chi connectivity index (χ0n) is 11.3. The van der Waals surface area contributed by atoms with Crippen molar-refractivity contribution in [3.05, 3.63) is 24.2 Å². The molecule has 1 aromatic heterocycles. The molecule has 1 saturated heterocycles. The van der Waals surface area contributed by atoms with Crippen molar-refractivity contribution >= 4 is 12.0 Å². The number of carboxylic acid groups (broad SMARTS) is 1. The molecule has 1 aliphatic rings. The number of carboxylic acids is 1. The highest BCUT2D eigenvalue weighted by Crippen LogP contribution is 2.13. The largest absolute Gasteiger partial charge is 0.480 e. The Labute approximate surface area is 116 Å². The number of furan rings is 1. The van der Waals surface area contributed by atoms with Gasteiger partial charge in [-0.15, -0.1) is 0 Å². The fraction of sp³-hybridized carbons (Fsp3) is 0.538. The van der Waals surface area contributed by atoms with Crippen molar-refractivity contribution < 1.29 is 23.8 Å². The maximum atomic E-state index is 12.5. The number of aliphatic carboxylic acids is 1. The molecule has 1 aromatic rings. The van der Waals surface area contributed by atoms with Crippen molar-refractivity contribution in [1.29, 1.82) is 0 Å². The van der Waals surface area contributed by atoms with E-state index >= 15 is 0 Å². The quantitative estimate of drug-likeness (QED) is 0.891. The third-order valence-electron chi connectivity index (χ3n) is 3.24. The first kappa shape index (κ1) is 14.4. The van der Waals surface area contributed by atoms with E-state index in [-0.39, 0.29) is 19.2 Å². The molecule has 1 aliphatic heterocycles. The van der Waals surface area contributed by atoms with Gasteiger partial charge in [-0.1, -0.05) is 0 Å². The van der Waals surface area contributed by atoms with E-state index in [0.717, 1.165) is 0 Å². The van der Waals surface area contributed by atoms with Gasteiger partial charge in [0.1, 0.15) is 5.76 Å². The highest BCUT2D eigenvalue weighted by Gasteiger charge is 2.34. The van der Waals surface area contributed by atoms with E-state index in [1.807, 2.05) is 6.92 Å². The maximum absolute atomic E-state index is 12.5. The second-order valence-corrected chi connectivity index (χ2v) is 4.50. The molecular formula is C13H18N2O5. The summed E-state index contributed by atoms with van der Waals surface area (Å²) in [5.41, 5.74) is 0. The topological polar surface area (TPSA) is 83.2 Å². The summed E-state index contributed by atoms with van der Waals surface area (Å²) in [6, 6.07) is 2.30. The normalized spacial score (nSPS) is 18.9. The predicted molar refractivity (Wildman–Crippen MR) is 69.1 cm³/mol. The number of rotatable bonds is 4. The van der Waals surface area contributed by atoms with E-state index in [1.54, 1.807) is 23.3 Å². The van der Waals surface area contributed by atoms with Gasteiger partial charge in [-0.3, -0.25) is 0 Å². The monoisotopic (exact) mass is 282 g/mol. The molecular weight excluding hydrogens is 264 g/mol. The summed E-state index contributed by atoms with van der Waals surface area (Å²) in [4.78, 5) is 26.5. The van der Waals surface area contributed by atoms with E-state index in [2.05, 4.69) is 0 Å². The number of nitrogens with zero attached hydrogens (tertiary/aromatic N) is 2. The number of morpholine rings is 1. The zero-order chi connectivity index (χ0) is 14.5. The lowest BCUT2D eigenvalue weighted by Gasteiger charge is -2.36. The standard InChI is InChI=1S/C13H18N2O5/c1-2-14(8-10-4-3-6-20-10)13(18)15-5-7-19-9-11(15)12(16)17/h3-4,6,11H,2,5,7-9H2,1H3,(H,16,17). The van der Waals surface area contributed by atoms with Gasteiger partial charge in [-0.05, 0) is 19.1 Å². The Kier molecular flexibility index (Phi) is 4.62. The number of hydrogen-bond acceptors (Lipinski definition) is 4. The van der Waals surface area contributed by atoms with Crippen LogP contribution in [0.4, 0.5) is 4.79 Å². The first-order valence-electron chi connectivity index (χ1n) is 6.52. The van der Waals surface area contributed by atoms with Gasteiger partial charge in [0.15, 0.2) is 6.04 Å². The lowest BCUT2D eigenvalue weighted by atomic mass is 10.2. The van der Waals surface area contributed by atoms with E-state index < -0.39 is 12.0 Å². The van der Waals surface area contributed by atoms with Gasteiger partial charge >= 0.3 is 12.0 Å². The summed E-state index contributed by atoms with van der Waals surface area (Å²) < 4.78 is 10.4. The highest BCUT2D eigenvalue weighted by molar-refractivity contribution is 5.83. The van der Waals surface area contributed by atoms with Crippen LogP contribution in [-0.4, -0.2) is 59.3 Å². The van der Waals surface area contributed by atoms with Crippen LogP contribution in [0.3, 0.4) is 0 Å². The maximum Gasteiger partial charge on any atom is 0.328 e. The highest BCUT2D eigenvalue weighted by atomic mass is 16.5. The molecule has 110 valence electrons. The molecule has 0 aliphatic carbocycles. The Morgan fingerprint density at radius 1 is 1.55 bits per heavy atom. The van der Waals surface area contributed by atoms with Crippen molar-refractivity contribution in [2.45, 2.75) is 19.5 Å². The van der Waals surface area contributed by atoms with Crippen LogP contribution in [0.2, 0.25) is 0 Å². The summed E-state index contributed by atoms with van der Waals surface area (Å²) in [6.45, 7) is 3.31. The number of carbonyl (C=O) groups excluding carboxylic acids is 1. The number of urea groups is 1. The lowest BCUT2D eigenvalue weighted by molar-refractivity contribution is -0.147. The van der Waals surface area contributed by atoms with Gasteiger partial charge < -0.3 is 24.1 Å². The fourth-order valence-corrected chi connectivity index (χ4v) is 2.12. The summed E-state index contributed by atoms with van der Waals surface area (Å²) in [5, 5.41) is 9.16. The lowest BCUT2D eigenvalue weighted by Crippen LogP contribution is -2.56. The average Bonchev–Trinajstić information content (AvgIpc) is 2.97. The Balaban J connectivity index is 2.08. The van der Waals surface area contributed by atoms with Crippen LogP contribution in [-0.2, 0) is 16.1 Å². The van der Waals surface area contributed by atoms with Crippen LogP contribution in [0.1, 0.15) is 12.7 Å². The molecule has 1 unspecified atom stereocenters. The van der Waals surface area contributed by atoms with Crippen LogP contribution in [0.25, 0.3) is 0 Å². The molecule has 1 atom stereocenters. The molecule has 1 fully saturated rings. The van der Waals surface area contributed by atoms with Crippen LogP contribution in [0.5, 0.6) is 0 Å². The van der Waals surface area contributed by atoms with E-state index in [9.17, 15) is 9.59 Å². The van der Waals surface area contributed by atoms with Crippen molar-refractivity contribution in [3.8, 4) is 0 Å². The molecule has 7 nitrogen and oxygen atoms in total. The first-order valence-corrected chi connectivity index (χ1v) is 6.52. The van der Waals surface area contributed by atoms with Crippen molar-refractivity contribution in [2.24, 2.45) is 0 Å². The van der Waals surface area contributed by atoms with E-state index in [4.69, 9.17) is 14.3 Å². The van der Waals surface area contributed by atoms with Crippen LogP contribution >= 0.6 is 0 Å². The Morgan fingerprint density at radius 2 is 2.35 bits per heavy atom. The third kappa shape index (κ3) is 3.11. The Hall–Kier alpha value is -2.02. The third-order valence-corrected chi connectivity index (χ3v) is 3.24. The van der Waals surface area contributed by atoms with Gasteiger partial charge in [0.05, 0.1) is 26.0 Å². The van der Waals surface area contributed by atoms with Crippen molar-refractivity contribution in [2.75, 3.05) is 26.3 Å². The minimum atomic E-state index is -1.05. The first-order chi connectivity index (χ1) is 9.63. The van der Waals surface area contributed by atoms with Crippen molar-refractivity contribution in [1.82, 2.24) is 9.80 Å². The summed E-state index contributed by atoms with van der Waals surface area (Å²) in [7, 11) is 0. The summed E-state index contributed by atoms with van der Waals surface area (Å²) >= 11 is 0. The molecule has 0 aromatic carbocycles. The summed E-state index contributed by atoms with van der Waals surface area (Å²) in [5.74, 6) is -0.382. The Morgan fingerprint density at radius 3 is 2.95 bits per heavy atom. The minimum Gasteiger partial charge on any atom is -0.480 e. The molecule has 2 amide bonds. The molecule has 1 N–H and O–H groups in total. The fourth-order valence-electron chi connectivity index (χ4n) is 2.12. The molecule has 2 rings (SSSR count). The number of ether oxygens (including phenoxy) is 1. The smallest absolute Gasteiger partial charge is 0.328 e. The molecule has 7 heteroatoms. The molecule has 2 heterocycles. The number of amides is 2. The van der Waals surface area contributed by atoms with E-state index in [0.29, 0.717) is 25.5 Å². The van der Waals surface area contributed by atoms with Crippen molar-refractivity contribution in [3.63, 3.8) is 0 Å².